The first-order valence-electron chi connectivity index (χ1n) is 12.9. The third-order valence-electron chi connectivity index (χ3n) is 9.41. The summed E-state index contributed by atoms with van der Waals surface area (Å²) in [6, 6.07) is 14.0. The van der Waals surface area contributed by atoms with Gasteiger partial charge in [0.25, 0.3) is 0 Å². The summed E-state index contributed by atoms with van der Waals surface area (Å²) in [7, 11) is 0. The van der Waals surface area contributed by atoms with Crippen molar-refractivity contribution in [3.63, 3.8) is 0 Å². The van der Waals surface area contributed by atoms with E-state index in [-0.39, 0.29) is 11.8 Å². The fraction of sp³-hybridized carbons (Fsp3) is 0.448. The van der Waals surface area contributed by atoms with E-state index in [2.05, 4.69) is 17.0 Å². The monoisotopic (exact) mass is 467 g/mol. The Hall–Kier alpha value is -2.96. The van der Waals surface area contributed by atoms with Gasteiger partial charge in [0, 0.05) is 35.7 Å². The molecular formula is C29H29N3O3. The first-order chi connectivity index (χ1) is 17.0. The molecule has 35 heavy (non-hydrogen) atoms. The molecule has 0 unspecified atom stereocenters. The summed E-state index contributed by atoms with van der Waals surface area (Å²) in [5.41, 5.74) is 4.37. The summed E-state index contributed by atoms with van der Waals surface area (Å²) < 4.78 is 6.66. The van der Waals surface area contributed by atoms with Gasteiger partial charge >= 0.3 is 0 Å². The van der Waals surface area contributed by atoms with E-state index in [0.29, 0.717) is 18.0 Å². The number of nitrogens with zero attached hydrogens (tertiary/aromatic N) is 3. The number of fused-ring (bicyclic) bond motifs is 2. The summed E-state index contributed by atoms with van der Waals surface area (Å²) in [5.74, 6) is 2.16. The Morgan fingerprint density at radius 3 is 2.74 bits per heavy atom. The van der Waals surface area contributed by atoms with Crippen molar-refractivity contribution in [2.24, 2.45) is 5.92 Å². The van der Waals surface area contributed by atoms with Crippen LogP contribution in [0.5, 0.6) is 11.5 Å². The lowest BCUT2D eigenvalue weighted by molar-refractivity contribution is -0.173. The molecule has 1 spiro atoms. The molecule has 1 aromatic heterocycles. The quantitative estimate of drug-likeness (QED) is 0.609. The van der Waals surface area contributed by atoms with Gasteiger partial charge in [0.05, 0.1) is 22.4 Å². The molecule has 2 fully saturated rings. The van der Waals surface area contributed by atoms with Gasteiger partial charge < -0.3 is 14.9 Å². The second kappa shape index (κ2) is 6.62. The predicted molar refractivity (Wildman–Crippen MR) is 130 cm³/mol. The molecule has 3 heterocycles. The van der Waals surface area contributed by atoms with Gasteiger partial charge in [-0.25, -0.2) is 9.97 Å². The minimum Gasteiger partial charge on any atom is -0.504 e. The maximum atomic E-state index is 12.9. The third kappa shape index (κ3) is 2.47. The van der Waals surface area contributed by atoms with Crippen molar-refractivity contribution in [2.75, 3.05) is 13.1 Å². The first kappa shape index (κ1) is 20.3. The molecule has 2 bridgehead atoms. The molecule has 2 aliphatic heterocycles. The number of ether oxygens (including phenoxy) is 1. The third-order valence-corrected chi connectivity index (χ3v) is 9.41. The van der Waals surface area contributed by atoms with Crippen molar-refractivity contribution in [3.05, 3.63) is 70.7 Å². The largest absolute Gasteiger partial charge is 0.504 e. The Morgan fingerprint density at radius 1 is 1.11 bits per heavy atom. The van der Waals surface area contributed by atoms with Gasteiger partial charge in [-0.2, -0.15) is 0 Å². The van der Waals surface area contributed by atoms with Crippen LogP contribution in [-0.2, 0) is 18.3 Å². The normalized spacial score (nSPS) is 32.1. The van der Waals surface area contributed by atoms with Gasteiger partial charge in [-0.15, -0.1) is 0 Å². The minimum atomic E-state index is -1.02. The smallest absolute Gasteiger partial charge is 0.166 e. The number of aryl methyl sites for hydroxylation is 1. The Labute approximate surface area is 204 Å². The van der Waals surface area contributed by atoms with Crippen LogP contribution in [0.25, 0.3) is 11.3 Å². The lowest BCUT2D eigenvalue weighted by atomic mass is 9.48. The maximum Gasteiger partial charge on any atom is 0.166 e. The standard InChI is InChI=1S/C29H29N3O3/c1-16-30-24(18-5-3-2-4-6-18)20-14-29(34)22-13-19-9-10-21(33)26-23(19)28(29,27(35-26)25(20)31-16)11-12-32(22)15-17-7-8-17/h2-6,9-10,17,22,27,33-34H,7-8,11-15H2,1H3/t22-,27+,28+,29-/m1/s1. The highest BCUT2D eigenvalue weighted by molar-refractivity contribution is 5.69. The lowest BCUT2D eigenvalue weighted by Gasteiger charge is -2.63. The molecular weight excluding hydrogens is 438 g/mol. The van der Waals surface area contributed by atoms with E-state index in [1.165, 1.54) is 18.4 Å². The SMILES string of the molecule is Cc1nc(-c2ccccc2)c2c(n1)[C@@H]1Oc3c(O)ccc4c3[C@@]13CCN(CC1CC1)[C@H](C4)[C@]3(O)C2. The average molecular weight is 468 g/mol. The molecule has 2 N–H and O–H groups in total. The highest BCUT2D eigenvalue weighted by Gasteiger charge is 2.73. The fourth-order valence-electron chi connectivity index (χ4n) is 7.77. The molecule has 3 aliphatic carbocycles. The van der Waals surface area contributed by atoms with Crippen LogP contribution in [0.15, 0.2) is 42.5 Å². The number of aromatic hydroxyl groups is 1. The summed E-state index contributed by atoms with van der Waals surface area (Å²) in [4.78, 5) is 12.4. The van der Waals surface area contributed by atoms with Crippen LogP contribution in [0, 0.1) is 12.8 Å². The number of hydrogen-bond donors (Lipinski definition) is 2. The zero-order chi connectivity index (χ0) is 23.5. The van der Waals surface area contributed by atoms with E-state index in [1.54, 1.807) is 6.07 Å². The van der Waals surface area contributed by atoms with Gasteiger partial charge in [-0.1, -0.05) is 36.4 Å². The summed E-state index contributed by atoms with van der Waals surface area (Å²) >= 11 is 0. The van der Waals surface area contributed by atoms with Crippen LogP contribution < -0.4 is 4.74 Å². The van der Waals surface area contributed by atoms with Crippen LogP contribution in [-0.4, -0.2) is 49.8 Å². The fourth-order valence-corrected chi connectivity index (χ4v) is 7.77. The highest BCUT2D eigenvalue weighted by Crippen LogP contribution is 2.68. The van der Waals surface area contributed by atoms with Crippen molar-refractivity contribution in [2.45, 2.75) is 62.2 Å². The number of phenols is 1. The number of likely N-dealkylation sites (tertiary alicyclic amines) is 1. The van der Waals surface area contributed by atoms with Crippen LogP contribution in [0.1, 0.15) is 53.6 Å². The van der Waals surface area contributed by atoms with E-state index in [1.807, 2.05) is 31.2 Å². The molecule has 8 rings (SSSR count). The van der Waals surface area contributed by atoms with E-state index >= 15 is 0 Å². The second-order valence-corrected chi connectivity index (χ2v) is 11.3. The van der Waals surface area contributed by atoms with Gasteiger partial charge in [0.2, 0.25) is 0 Å². The molecule has 2 aromatic carbocycles. The first-order valence-corrected chi connectivity index (χ1v) is 12.9. The van der Waals surface area contributed by atoms with Crippen molar-refractivity contribution >= 4 is 0 Å². The van der Waals surface area contributed by atoms with Crippen molar-refractivity contribution in [1.82, 2.24) is 14.9 Å². The zero-order valence-electron chi connectivity index (χ0n) is 19.9. The second-order valence-electron chi connectivity index (χ2n) is 11.3. The number of aromatic nitrogens is 2. The number of phenolic OH excluding ortho intramolecular Hbond substituents is 1. The van der Waals surface area contributed by atoms with Gasteiger partial charge in [0.15, 0.2) is 17.6 Å². The average Bonchev–Trinajstić information content (AvgIpc) is 3.59. The number of rotatable bonds is 3. The van der Waals surface area contributed by atoms with Crippen molar-refractivity contribution in [1.29, 1.82) is 0 Å². The minimum absolute atomic E-state index is 0.00372. The topological polar surface area (TPSA) is 78.7 Å². The van der Waals surface area contributed by atoms with Crippen LogP contribution in [0.4, 0.5) is 0 Å². The molecule has 3 aromatic rings. The maximum absolute atomic E-state index is 12.9. The Bertz CT molecular complexity index is 1390. The van der Waals surface area contributed by atoms with Gasteiger partial charge in [-0.3, -0.25) is 4.90 Å². The molecule has 178 valence electrons. The molecule has 6 nitrogen and oxygen atoms in total. The molecule has 0 amide bonds. The molecule has 5 aliphatic rings. The number of aliphatic hydroxyl groups is 1. The van der Waals surface area contributed by atoms with E-state index in [4.69, 9.17) is 14.7 Å². The van der Waals surface area contributed by atoms with Crippen LogP contribution >= 0.6 is 0 Å². The van der Waals surface area contributed by atoms with Crippen molar-refractivity contribution in [3.8, 4) is 22.8 Å². The van der Waals surface area contributed by atoms with Crippen LogP contribution in [0.2, 0.25) is 0 Å². The van der Waals surface area contributed by atoms with E-state index < -0.39 is 17.1 Å². The number of benzene rings is 2. The molecule has 1 saturated heterocycles. The Morgan fingerprint density at radius 2 is 1.94 bits per heavy atom. The molecule has 0 radical (unpaired) electrons. The van der Waals surface area contributed by atoms with E-state index in [0.717, 1.165) is 59.9 Å². The highest BCUT2D eigenvalue weighted by atomic mass is 16.5. The van der Waals surface area contributed by atoms with Gasteiger partial charge in [0.1, 0.15) is 5.82 Å². The molecule has 1 saturated carbocycles. The van der Waals surface area contributed by atoms with E-state index in [9.17, 15) is 10.2 Å². The summed E-state index contributed by atoms with van der Waals surface area (Å²) in [6.07, 6.45) is 4.21. The Kier molecular flexibility index (Phi) is 3.83. The van der Waals surface area contributed by atoms with Gasteiger partial charge in [-0.05, 0) is 56.7 Å². The van der Waals surface area contributed by atoms with Crippen LogP contribution in [0.3, 0.4) is 0 Å². The summed E-state index contributed by atoms with van der Waals surface area (Å²) in [5, 5.41) is 23.8. The zero-order valence-corrected chi connectivity index (χ0v) is 19.9. The van der Waals surface area contributed by atoms with Crippen molar-refractivity contribution < 1.29 is 14.9 Å². The Balaban J connectivity index is 1.40. The number of piperidine rings is 1. The number of hydrogen-bond acceptors (Lipinski definition) is 6. The lowest BCUT2D eigenvalue weighted by Crippen LogP contribution is -2.74. The summed E-state index contributed by atoms with van der Waals surface area (Å²) in [6.45, 7) is 3.92. The predicted octanol–water partition coefficient (Wildman–Crippen LogP) is 3.86. The molecule has 4 atom stereocenters. The molecule has 6 heteroatoms.